The van der Waals surface area contributed by atoms with Crippen LogP contribution in [0.5, 0.6) is 0 Å². The molecule has 2 N–H and O–H groups in total. The average Bonchev–Trinajstić information content (AvgIpc) is 2.54. The molecule has 0 fully saturated rings. The molecule has 0 aliphatic carbocycles. The van der Waals surface area contributed by atoms with Gasteiger partial charge in [-0.1, -0.05) is 76.5 Å². The molecule has 0 rings (SSSR count). The van der Waals surface area contributed by atoms with Crippen LogP contribution in [0, 0.1) is 0 Å². The van der Waals surface area contributed by atoms with Crippen LogP contribution in [0.3, 0.4) is 0 Å². The number of hydrogen-bond donors (Lipinski definition) is 2. The number of hydrogen-bond acceptors (Lipinski definition) is 2. The van der Waals surface area contributed by atoms with E-state index in [4.69, 9.17) is 10.2 Å². The van der Waals surface area contributed by atoms with Gasteiger partial charge >= 0.3 is 11.9 Å². The van der Waals surface area contributed by atoms with Crippen molar-refractivity contribution in [3.8, 4) is 0 Å². The lowest BCUT2D eigenvalue weighted by Gasteiger charge is -2.01. The second-order valence-corrected chi connectivity index (χ2v) is 5.97. The summed E-state index contributed by atoms with van der Waals surface area (Å²) in [4.78, 5) is 22.1. The van der Waals surface area contributed by atoms with Crippen molar-refractivity contribution in [2.24, 2.45) is 0 Å². The molecule has 4 nitrogen and oxygen atoms in total. The predicted molar refractivity (Wildman–Crippen MR) is 98.1 cm³/mol. The highest BCUT2D eigenvalue weighted by Gasteiger charge is 2.08. The minimum absolute atomic E-state index is 0.00132. The van der Waals surface area contributed by atoms with E-state index in [1.165, 1.54) is 63.2 Å². The largest absolute Gasteiger partial charge is 0.478 e. The average molecular weight is 336 g/mol. The maximum absolute atomic E-state index is 11.1. The summed E-state index contributed by atoms with van der Waals surface area (Å²) in [5, 5.41) is 18.1. The summed E-state index contributed by atoms with van der Waals surface area (Å²) in [5.74, 6) is -2.23. The Kier molecular flexibility index (Phi) is 13.6. The molecule has 0 aliphatic heterocycles. The molecule has 4 heteroatoms. The Morgan fingerprint density at radius 3 is 1.75 bits per heavy atom. The summed E-state index contributed by atoms with van der Waals surface area (Å²) >= 11 is 0. The number of aliphatic carboxylic acids is 2. The molecule has 0 aromatic rings. The first-order chi connectivity index (χ1) is 11.5. The molecular weight excluding hydrogens is 304 g/mol. The lowest BCUT2D eigenvalue weighted by molar-refractivity contribution is -0.132. The van der Waals surface area contributed by atoms with E-state index in [0.29, 0.717) is 0 Å². The van der Waals surface area contributed by atoms with Gasteiger partial charge in [-0.3, -0.25) is 0 Å². The lowest BCUT2D eigenvalue weighted by Crippen LogP contribution is -2.03. The van der Waals surface area contributed by atoms with Crippen molar-refractivity contribution in [3.63, 3.8) is 0 Å². The van der Waals surface area contributed by atoms with Crippen LogP contribution in [0.4, 0.5) is 0 Å². The zero-order valence-electron chi connectivity index (χ0n) is 15.1. The van der Waals surface area contributed by atoms with E-state index in [1.54, 1.807) is 6.92 Å². The number of carboxylic acids is 2. The number of allylic oxidation sites excluding steroid dienone is 2. The highest BCUT2D eigenvalue weighted by atomic mass is 16.4. The summed E-state index contributed by atoms with van der Waals surface area (Å²) in [7, 11) is 0. The van der Waals surface area contributed by atoms with E-state index in [2.05, 4.69) is 6.92 Å². The van der Waals surface area contributed by atoms with Gasteiger partial charge in [0.1, 0.15) is 0 Å². The van der Waals surface area contributed by atoms with E-state index in [1.807, 2.05) is 6.08 Å². The minimum atomic E-state index is -1.12. The van der Waals surface area contributed by atoms with Crippen molar-refractivity contribution in [2.45, 2.75) is 78.1 Å². The van der Waals surface area contributed by atoms with E-state index in [9.17, 15) is 9.59 Å². The Bertz CT molecular complexity index is 458. The summed E-state index contributed by atoms with van der Waals surface area (Å²) in [6.45, 7) is 3.80. The Labute approximate surface area is 146 Å². The monoisotopic (exact) mass is 336 g/mol. The van der Waals surface area contributed by atoms with Crippen LogP contribution in [0.1, 0.15) is 78.1 Å². The van der Waals surface area contributed by atoms with Crippen molar-refractivity contribution in [2.75, 3.05) is 0 Å². The van der Waals surface area contributed by atoms with Crippen LogP contribution in [0.15, 0.2) is 35.5 Å². The molecule has 0 heterocycles. The molecule has 0 bridgehead atoms. The van der Waals surface area contributed by atoms with Gasteiger partial charge < -0.3 is 10.2 Å². The van der Waals surface area contributed by atoms with E-state index < -0.39 is 11.9 Å². The van der Waals surface area contributed by atoms with Gasteiger partial charge in [-0.2, -0.15) is 0 Å². The van der Waals surface area contributed by atoms with Crippen molar-refractivity contribution in [3.05, 3.63) is 35.5 Å². The van der Waals surface area contributed by atoms with Gasteiger partial charge in [0.25, 0.3) is 0 Å². The zero-order chi connectivity index (χ0) is 18.2. The molecule has 0 aromatic heterocycles. The highest BCUT2D eigenvalue weighted by Crippen LogP contribution is 2.11. The van der Waals surface area contributed by atoms with Crippen molar-refractivity contribution < 1.29 is 19.8 Å². The minimum Gasteiger partial charge on any atom is -0.478 e. The molecule has 24 heavy (non-hydrogen) atoms. The second kappa shape index (κ2) is 14.7. The maximum atomic E-state index is 11.1. The Balaban J connectivity index is 4.04. The van der Waals surface area contributed by atoms with Crippen LogP contribution in [0.25, 0.3) is 0 Å². The van der Waals surface area contributed by atoms with Crippen LogP contribution in [-0.4, -0.2) is 22.2 Å². The fourth-order valence-corrected chi connectivity index (χ4v) is 2.40. The topological polar surface area (TPSA) is 74.6 Å². The van der Waals surface area contributed by atoms with Crippen molar-refractivity contribution >= 4 is 11.9 Å². The van der Waals surface area contributed by atoms with Gasteiger partial charge in [-0.15, -0.1) is 0 Å². The second-order valence-electron chi connectivity index (χ2n) is 5.97. The first-order valence-corrected chi connectivity index (χ1v) is 9.04. The molecule has 0 radical (unpaired) electrons. The molecule has 0 saturated carbocycles. The Morgan fingerprint density at radius 2 is 1.29 bits per heavy atom. The summed E-state index contributed by atoms with van der Waals surface area (Å²) in [6.07, 6.45) is 18.0. The SMILES string of the molecule is CC=C(C=C(C=CCCCCCCCCCCC)C(=O)O)C(=O)O. The van der Waals surface area contributed by atoms with Crippen molar-refractivity contribution in [1.82, 2.24) is 0 Å². The summed E-state index contributed by atoms with van der Waals surface area (Å²) in [6, 6.07) is 0. The highest BCUT2D eigenvalue weighted by molar-refractivity contribution is 5.96. The number of carboxylic acid groups (broad SMARTS) is 2. The maximum Gasteiger partial charge on any atom is 0.335 e. The van der Waals surface area contributed by atoms with Gasteiger partial charge in [-0.25, -0.2) is 9.59 Å². The van der Waals surface area contributed by atoms with Crippen LogP contribution < -0.4 is 0 Å². The molecule has 0 aliphatic rings. The predicted octanol–water partition coefficient (Wildman–Crippen LogP) is 5.51. The number of unbranched alkanes of at least 4 members (excludes halogenated alkanes) is 9. The molecule has 0 spiro atoms. The number of rotatable bonds is 14. The van der Waals surface area contributed by atoms with Gasteiger partial charge in [0, 0.05) is 0 Å². The lowest BCUT2D eigenvalue weighted by atomic mass is 10.1. The van der Waals surface area contributed by atoms with Gasteiger partial charge in [0.2, 0.25) is 0 Å². The van der Waals surface area contributed by atoms with E-state index >= 15 is 0 Å². The fraction of sp³-hybridized carbons (Fsp3) is 0.600. The van der Waals surface area contributed by atoms with Gasteiger partial charge in [0.05, 0.1) is 11.1 Å². The van der Waals surface area contributed by atoms with Gasteiger partial charge in [-0.05, 0) is 25.8 Å². The normalized spacial score (nSPS) is 12.8. The molecule has 0 saturated heterocycles. The summed E-state index contributed by atoms with van der Waals surface area (Å²) in [5.41, 5.74) is -0.0125. The van der Waals surface area contributed by atoms with E-state index in [0.717, 1.165) is 19.3 Å². The number of carbonyl (C=O) groups is 2. The van der Waals surface area contributed by atoms with Crippen molar-refractivity contribution in [1.29, 1.82) is 0 Å². The third kappa shape index (κ3) is 11.7. The molecule has 0 amide bonds. The molecule has 0 unspecified atom stereocenters. The standard InChI is InChI=1S/C20H32O4/c1-3-5-6-7-8-9-10-11-12-13-14-15-18(20(23)24)16-17(4-2)19(21)22/h4,14-16H,3,5-13H2,1-2H3,(H,21,22)(H,23,24). The van der Waals surface area contributed by atoms with Crippen LogP contribution in [0.2, 0.25) is 0 Å². The Hall–Kier alpha value is -1.84. The van der Waals surface area contributed by atoms with Crippen LogP contribution in [-0.2, 0) is 9.59 Å². The third-order valence-corrected chi connectivity index (χ3v) is 3.89. The molecule has 136 valence electrons. The molecular formula is C20H32O4. The smallest absolute Gasteiger partial charge is 0.335 e. The first-order valence-electron chi connectivity index (χ1n) is 9.04. The molecule has 0 atom stereocenters. The Morgan fingerprint density at radius 1 is 0.792 bits per heavy atom. The van der Waals surface area contributed by atoms with Crippen LogP contribution >= 0.6 is 0 Å². The third-order valence-electron chi connectivity index (χ3n) is 3.89. The zero-order valence-corrected chi connectivity index (χ0v) is 15.1. The first kappa shape index (κ1) is 22.2. The summed E-state index contributed by atoms with van der Waals surface area (Å²) < 4.78 is 0. The quantitative estimate of drug-likeness (QED) is 0.249. The van der Waals surface area contributed by atoms with Gasteiger partial charge in [0.15, 0.2) is 0 Å². The van der Waals surface area contributed by atoms with E-state index in [-0.39, 0.29) is 11.1 Å². The molecule has 0 aromatic carbocycles. The fourth-order valence-electron chi connectivity index (χ4n) is 2.40.